The molecule has 0 aliphatic heterocycles. The normalized spacial score (nSPS) is 11.9. The number of rotatable bonds is 8. The number of anilines is 1. The van der Waals surface area contributed by atoms with Crippen LogP contribution in [0, 0.1) is 17.5 Å². The van der Waals surface area contributed by atoms with Crippen LogP contribution in [-0.2, 0) is 26.7 Å². The smallest absolute Gasteiger partial charge is 0.303 e. The van der Waals surface area contributed by atoms with Crippen LogP contribution in [0.2, 0.25) is 0 Å². The molecule has 0 saturated carbocycles. The lowest BCUT2D eigenvalue weighted by atomic mass is 9.98. The number of sulfonamides is 1. The zero-order valence-electron chi connectivity index (χ0n) is 21.0. The Balaban J connectivity index is 1.82. The van der Waals surface area contributed by atoms with Crippen LogP contribution in [0.15, 0.2) is 53.6 Å². The second-order valence-corrected chi connectivity index (χ2v) is 12.1. The SMILES string of the molecule is CC(C)(C)c1nc(-c2cccc(NS(=O)(=O)c3c(F)cccc3F)c2F)c(-c2ccnc(CCC(=O)O)n2)s1. The van der Waals surface area contributed by atoms with Crippen molar-refractivity contribution in [3.05, 3.63) is 76.9 Å². The molecule has 2 heterocycles. The quantitative estimate of drug-likeness (QED) is 0.272. The first-order valence-electron chi connectivity index (χ1n) is 11.6. The Morgan fingerprint density at radius 1 is 1.03 bits per heavy atom. The molecule has 0 unspecified atom stereocenters. The maximum absolute atomic E-state index is 15.8. The second kappa shape index (κ2) is 10.7. The van der Waals surface area contributed by atoms with Crippen molar-refractivity contribution in [2.24, 2.45) is 0 Å². The van der Waals surface area contributed by atoms with E-state index in [2.05, 4.69) is 15.0 Å². The van der Waals surface area contributed by atoms with E-state index in [1.165, 1.54) is 29.7 Å². The lowest BCUT2D eigenvalue weighted by Crippen LogP contribution is -2.17. The standard InChI is InChI=1S/C26H23F3N4O4S2/c1-26(2,3)25-32-22(23(38-25)18-12-13-30-19(31-18)10-11-20(34)35)14-6-4-9-17(21(14)29)33-39(36,37)24-15(27)7-5-8-16(24)28/h4-9,12-13,33H,10-11H2,1-3H3,(H,34,35). The maximum atomic E-state index is 15.8. The summed E-state index contributed by atoms with van der Waals surface area (Å²) < 4.78 is 71.7. The number of carboxylic acids is 1. The molecule has 0 fully saturated rings. The number of aliphatic carboxylic acids is 1. The van der Waals surface area contributed by atoms with Gasteiger partial charge in [-0.05, 0) is 30.3 Å². The monoisotopic (exact) mass is 576 g/mol. The van der Waals surface area contributed by atoms with Gasteiger partial charge in [0, 0.05) is 23.6 Å². The Morgan fingerprint density at radius 2 is 1.69 bits per heavy atom. The number of halogens is 3. The predicted octanol–water partition coefficient (Wildman–Crippen LogP) is 5.80. The van der Waals surface area contributed by atoms with E-state index in [1.54, 1.807) is 6.07 Å². The highest BCUT2D eigenvalue weighted by molar-refractivity contribution is 7.92. The van der Waals surface area contributed by atoms with Crippen LogP contribution in [0.3, 0.4) is 0 Å². The second-order valence-electron chi connectivity index (χ2n) is 9.52. The van der Waals surface area contributed by atoms with Gasteiger partial charge in [0.1, 0.15) is 17.5 Å². The first kappa shape index (κ1) is 28.2. The van der Waals surface area contributed by atoms with Crippen molar-refractivity contribution in [1.29, 1.82) is 0 Å². The minimum atomic E-state index is -4.82. The van der Waals surface area contributed by atoms with Crippen molar-refractivity contribution in [1.82, 2.24) is 15.0 Å². The lowest BCUT2D eigenvalue weighted by molar-refractivity contribution is -0.137. The number of benzene rings is 2. The van der Waals surface area contributed by atoms with E-state index >= 15 is 4.39 Å². The Hall–Kier alpha value is -3.84. The summed E-state index contributed by atoms with van der Waals surface area (Å²) in [4.78, 5) is 23.4. The molecule has 4 aromatic rings. The third-order valence-corrected chi connectivity index (χ3v) is 8.37. The van der Waals surface area contributed by atoms with E-state index in [4.69, 9.17) is 5.11 Å². The molecule has 0 saturated heterocycles. The highest BCUT2D eigenvalue weighted by Crippen LogP contribution is 2.42. The van der Waals surface area contributed by atoms with E-state index in [9.17, 15) is 22.0 Å². The highest BCUT2D eigenvalue weighted by Gasteiger charge is 2.28. The van der Waals surface area contributed by atoms with Crippen LogP contribution in [-0.4, -0.2) is 34.4 Å². The fourth-order valence-electron chi connectivity index (χ4n) is 3.59. The Morgan fingerprint density at radius 3 is 2.33 bits per heavy atom. The Labute approximate surface area is 226 Å². The number of aryl methyl sites for hydroxylation is 1. The average molecular weight is 577 g/mol. The van der Waals surface area contributed by atoms with Crippen LogP contribution < -0.4 is 4.72 Å². The van der Waals surface area contributed by atoms with Gasteiger partial charge in [0.05, 0.1) is 33.4 Å². The van der Waals surface area contributed by atoms with Gasteiger partial charge in [0.15, 0.2) is 10.7 Å². The minimum Gasteiger partial charge on any atom is -0.481 e. The molecule has 0 aliphatic rings. The zero-order chi connectivity index (χ0) is 28.5. The van der Waals surface area contributed by atoms with Crippen LogP contribution in [0.25, 0.3) is 21.8 Å². The maximum Gasteiger partial charge on any atom is 0.303 e. The number of aromatic nitrogens is 3. The van der Waals surface area contributed by atoms with Gasteiger partial charge >= 0.3 is 5.97 Å². The molecule has 13 heteroatoms. The highest BCUT2D eigenvalue weighted by atomic mass is 32.2. The first-order valence-corrected chi connectivity index (χ1v) is 13.9. The van der Waals surface area contributed by atoms with Crippen molar-refractivity contribution in [3.63, 3.8) is 0 Å². The van der Waals surface area contributed by atoms with Crippen LogP contribution >= 0.6 is 11.3 Å². The molecule has 2 N–H and O–H groups in total. The van der Waals surface area contributed by atoms with Crippen LogP contribution in [0.1, 0.15) is 38.0 Å². The fourth-order valence-corrected chi connectivity index (χ4v) is 5.90. The first-order chi connectivity index (χ1) is 18.3. The Kier molecular flexibility index (Phi) is 7.75. The third-order valence-electron chi connectivity index (χ3n) is 5.46. The number of carbonyl (C=O) groups is 1. The Bertz CT molecular complexity index is 1650. The number of nitrogens with one attached hydrogen (secondary N) is 1. The molecule has 0 radical (unpaired) electrons. The largest absolute Gasteiger partial charge is 0.481 e. The van der Waals surface area contributed by atoms with E-state index in [-0.39, 0.29) is 29.9 Å². The number of hydrogen-bond acceptors (Lipinski definition) is 7. The van der Waals surface area contributed by atoms with E-state index < -0.39 is 49.4 Å². The average Bonchev–Trinajstić information content (AvgIpc) is 3.30. The van der Waals surface area contributed by atoms with E-state index in [1.807, 2.05) is 25.5 Å². The number of hydrogen-bond donors (Lipinski definition) is 2. The van der Waals surface area contributed by atoms with E-state index in [0.717, 1.165) is 24.3 Å². The summed E-state index contributed by atoms with van der Waals surface area (Å²) in [6, 6.07) is 8.07. The summed E-state index contributed by atoms with van der Waals surface area (Å²) in [5, 5.41) is 9.63. The van der Waals surface area contributed by atoms with Gasteiger partial charge in [0.2, 0.25) is 0 Å². The molecule has 8 nitrogen and oxygen atoms in total. The molecule has 2 aromatic heterocycles. The van der Waals surface area contributed by atoms with Gasteiger partial charge in [-0.3, -0.25) is 9.52 Å². The third kappa shape index (κ3) is 6.09. The van der Waals surface area contributed by atoms with Crippen molar-refractivity contribution in [2.75, 3.05) is 4.72 Å². The van der Waals surface area contributed by atoms with Gasteiger partial charge in [-0.1, -0.05) is 32.9 Å². The summed E-state index contributed by atoms with van der Waals surface area (Å²) in [6.07, 6.45) is 1.37. The molecule has 204 valence electrons. The lowest BCUT2D eigenvalue weighted by Gasteiger charge is -2.14. The summed E-state index contributed by atoms with van der Waals surface area (Å²) >= 11 is 1.25. The van der Waals surface area contributed by atoms with Crippen molar-refractivity contribution >= 4 is 33.0 Å². The molecule has 0 atom stereocenters. The molecule has 0 aliphatic carbocycles. The fraction of sp³-hybridized carbons (Fsp3) is 0.231. The van der Waals surface area contributed by atoms with Crippen molar-refractivity contribution in [3.8, 4) is 21.8 Å². The van der Waals surface area contributed by atoms with Gasteiger partial charge < -0.3 is 5.11 Å². The molecule has 0 spiro atoms. The molecular formula is C26H23F3N4O4S2. The number of thiazole rings is 1. The molecule has 0 bridgehead atoms. The zero-order valence-corrected chi connectivity index (χ0v) is 22.6. The van der Waals surface area contributed by atoms with Gasteiger partial charge in [-0.15, -0.1) is 11.3 Å². The molecule has 4 rings (SSSR count). The van der Waals surface area contributed by atoms with Crippen molar-refractivity contribution in [2.45, 2.75) is 43.9 Å². The summed E-state index contributed by atoms with van der Waals surface area (Å²) in [6.45, 7) is 5.75. The summed E-state index contributed by atoms with van der Waals surface area (Å²) in [5.74, 6) is -4.38. The molecule has 0 amide bonds. The van der Waals surface area contributed by atoms with Crippen LogP contribution in [0.5, 0.6) is 0 Å². The van der Waals surface area contributed by atoms with E-state index in [0.29, 0.717) is 15.6 Å². The number of carboxylic acid groups (broad SMARTS) is 1. The number of nitrogens with zero attached hydrogens (tertiary/aromatic N) is 3. The molecule has 39 heavy (non-hydrogen) atoms. The van der Waals surface area contributed by atoms with Crippen molar-refractivity contribution < 1.29 is 31.5 Å². The summed E-state index contributed by atoms with van der Waals surface area (Å²) in [5.41, 5.74) is -0.488. The topological polar surface area (TPSA) is 122 Å². The van der Waals surface area contributed by atoms with Crippen LogP contribution in [0.4, 0.5) is 18.9 Å². The summed E-state index contributed by atoms with van der Waals surface area (Å²) in [7, 11) is -4.82. The predicted molar refractivity (Wildman–Crippen MR) is 140 cm³/mol. The minimum absolute atomic E-state index is 0.0725. The van der Waals surface area contributed by atoms with Gasteiger partial charge in [0.25, 0.3) is 10.0 Å². The molecular weight excluding hydrogens is 553 g/mol. The molecule has 2 aromatic carbocycles. The van der Waals surface area contributed by atoms with Gasteiger partial charge in [-0.25, -0.2) is 36.5 Å². The van der Waals surface area contributed by atoms with Gasteiger partial charge in [-0.2, -0.15) is 0 Å².